The van der Waals surface area contributed by atoms with E-state index in [1.807, 2.05) is 80.5 Å². The van der Waals surface area contributed by atoms with Crippen LogP contribution in [0.15, 0.2) is 70.8 Å². The first-order chi connectivity index (χ1) is 15.8. The molecule has 1 aliphatic rings. The van der Waals surface area contributed by atoms with Crippen LogP contribution in [0.3, 0.4) is 0 Å². The summed E-state index contributed by atoms with van der Waals surface area (Å²) in [6, 6.07) is 16.3. The van der Waals surface area contributed by atoms with E-state index < -0.39 is 17.7 Å². The van der Waals surface area contributed by atoms with Gasteiger partial charge in [-0.1, -0.05) is 46.3 Å². The second-order valence-electron chi connectivity index (χ2n) is 8.24. The highest BCUT2D eigenvalue weighted by Gasteiger charge is 2.46. The van der Waals surface area contributed by atoms with Gasteiger partial charge in [-0.2, -0.15) is 5.10 Å². The van der Waals surface area contributed by atoms with Gasteiger partial charge >= 0.3 is 0 Å². The average Bonchev–Trinajstić information content (AvgIpc) is 3.30. The number of amides is 1. The normalized spacial score (nSPS) is 17.8. The van der Waals surface area contributed by atoms with Crippen LogP contribution >= 0.6 is 15.9 Å². The molecule has 0 aliphatic carbocycles. The molecule has 8 heteroatoms. The van der Waals surface area contributed by atoms with Gasteiger partial charge in [-0.15, -0.1) is 0 Å². The third-order valence-corrected chi connectivity index (χ3v) is 6.31. The van der Waals surface area contributed by atoms with E-state index in [9.17, 15) is 14.7 Å². The Balaban J connectivity index is 1.84. The number of benzene rings is 2. The van der Waals surface area contributed by atoms with E-state index in [1.165, 1.54) is 11.1 Å². The summed E-state index contributed by atoms with van der Waals surface area (Å²) in [6.45, 7) is 2.77. The lowest BCUT2D eigenvalue weighted by Crippen LogP contribution is -2.35. The molecule has 1 saturated heterocycles. The van der Waals surface area contributed by atoms with Crippen molar-refractivity contribution in [2.75, 3.05) is 27.2 Å². The van der Waals surface area contributed by atoms with Crippen molar-refractivity contribution in [3.8, 4) is 5.69 Å². The molecule has 0 radical (unpaired) electrons. The standard InChI is InChI=1S/C25H25BrN4O3/c1-16-20(15-27-30(16)19-7-5-4-6-8-19)23(31)21-22(17-9-11-18(26)12-10-17)29(14-13-28(2)3)25(33)24(21)32/h4-12,15,22,31H,13-14H2,1-3H3/b23-21+/t22-/m1/s1. The van der Waals surface area contributed by atoms with E-state index in [1.54, 1.807) is 4.68 Å². The van der Waals surface area contributed by atoms with Crippen LogP contribution in [0.1, 0.15) is 22.9 Å². The minimum atomic E-state index is -0.689. The number of likely N-dealkylation sites (N-methyl/N-ethyl adjacent to an activating group) is 1. The molecule has 1 amide bonds. The zero-order chi connectivity index (χ0) is 23.7. The van der Waals surface area contributed by atoms with Gasteiger partial charge in [-0.3, -0.25) is 9.59 Å². The Morgan fingerprint density at radius 1 is 1.09 bits per heavy atom. The molecule has 0 spiro atoms. The van der Waals surface area contributed by atoms with E-state index in [0.29, 0.717) is 24.3 Å². The van der Waals surface area contributed by atoms with Gasteiger partial charge in [0.1, 0.15) is 5.76 Å². The van der Waals surface area contributed by atoms with Crippen molar-refractivity contribution >= 4 is 33.4 Å². The lowest BCUT2D eigenvalue weighted by atomic mass is 9.95. The van der Waals surface area contributed by atoms with Crippen molar-refractivity contribution in [1.82, 2.24) is 19.6 Å². The van der Waals surface area contributed by atoms with Gasteiger partial charge in [0.2, 0.25) is 0 Å². The Kier molecular flexibility index (Phi) is 6.49. The van der Waals surface area contributed by atoms with Crippen LogP contribution in [-0.4, -0.2) is 63.6 Å². The maximum atomic E-state index is 13.2. The maximum absolute atomic E-state index is 13.2. The molecule has 1 aliphatic heterocycles. The van der Waals surface area contributed by atoms with Crippen LogP contribution < -0.4 is 0 Å². The molecular weight excluding hydrogens is 484 g/mol. The van der Waals surface area contributed by atoms with E-state index in [-0.39, 0.29) is 11.3 Å². The number of aromatic nitrogens is 2. The molecule has 0 saturated carbocycles. The molecule has 4 rings (SSSR count). The molecule has 170 valence electrons. The number of hydrogen-bond donors (Lipinski definition) is 1. The Labute approximate surface area is 201 Å². The number of rotatable bonds is 6. The van der Waals surface area contributed by atoms with Gasteiger partial charge in [0.05, 0.1) is 34.8 Å². The van der Waals surface area contributed by atoms with Crippen LogP contribution in [0.25, 0.3) is 11.4 Å². The first-order valence-electron chi connectivity index (χ1n) is 10.6. The molecule has 1 N–H and O–H groups in total. The number of halogens is 1. The summed E-state index contributed by atoms with van der Waals surface area (Å²) >= 11 is 3.43. The molecule has 3 aromatic rings. The van der Waals surface area contributed by atoms with Gasteiger partial charge in [-0.25, -0.2) is 4.68 Å². The number of aliphatic hydroxyl groups is 1. The van der Waals surface area contributed by atoms with Gasteiger partial charge in [0.25, 0.3) is 11.7 Å². The van der Waals surface area contributed by atoms with Crippen molar-refractivity contribution in [3.63, 3.8) is 0 Å². The fourth-order valence-corrected chi connectivity index (χ4v) is 4.29. The first-order valence-corrected chi connectivity index (χ1v) is 11.4. The van der Waals surface area contributed by atoms with Crippen LogP contribution in [-0.2, 0) is 9.59 Å². The number of nitrogens with zero attached hydrogens (tertiary/aromatic N) is 4. The summed E-state index contributed by atoms with van der Waals surface area (Å²) in [5, 5.41) is 15.7. The van der Waals surface area contributed by atoms with Crippen molar-refractivity contribution in [3.05, 3.63) is 87.7 Å². The first kappa shape index (κ1) is 22.9. The summed E-state index contributed by atoms with van der Waals surface area (Å²) < 4.78 is 2.59. The largest absolute Gasteiger partial charge is 0.507 e. The molecule has 2 heterocycles. The molecule has 0 unspecified atom stereocenters. The third kappa shape index (κ3) is 4.36. The number of aliphatic hydroxyl groups excluding tert-OH is 1. The smallest absolute Gasteiger partial charge is 0.295 e. The van der Waals surface area contributed by atoms with E-state index in [0.717, 1.165) is 15.7 Å². The van der Waals surface area contributed by atoms with Crippen LogP contribution in [0.2, 0.25) is 0 Å². The molecule has 2 aromatic carbocycles. The quantitative estimate of drug-likeness (QED) is 0.310. The van der Waals surface area contributed by atoms with Crippen LogP contribution in [0, 0.1) is 6.92 Å². The van der Waals surface area contributed by atoms with Gasteiger partial charge < -0.3 is 14.9 Å². The van der Waals surface area contributed by atoms with Gasteiger partial charge in [-0.05, 0) is 50.8 Å². The summed E-state index contributed by atoms with van der Waals surface area (Å²) in [5.74, 6) is -1.52. The Morgan fingerprint density at radius 3 is 2.39 bits per heavy atom. The molecule has 33 heavy (non-hydrogen) atoms. The summed E-state index contributed by atoms with van der Waals surface area (Å²) in [4.78, 5) is 29.6. The lowest BCUT2D eigenvalue weighted by Gasteiger charge is -2.26. The molecular formula is C25H25BrN4O3. The highest BCUT2D eigenvalue weighted by molar-refractivity contribution is 9.10. The van der Waals surface area contributed by atoms with Crippen molar-refractivity contribution < 1.29 is 14.7 Å². The molecule has 0 bridgehead atoms. The predicted octanol–water partition coefficient (Wildman–Crippen LogP) is 3.93. The zero-order valence-corrected chi connectivity index (χ0v) is 20.3. The van der Waals surface area contributed by atoms with Gasteiger partial charge in [0, 0.05) is 17.6 Å². The second kappa shape index (κ2) is 9.33. The topological polar surface area (TPSA) is 78.7 Å². The van der Waals surface area contributed by atoms with Crippen molar-refractivity contribution in [2.45, 2.75) is 13.0 Å². The van der Waals surface area contributed by atoms with Crippen molar-refractivity contribution in [2.24, 2.45) is 0 Å². The minimum absolute atomic E-state index is 0.0804. The summed E-state index contributed by atoms with van der Waals surface area (Å²) in [6.07, 6.45) is 1.53. The predicted molar refractivity (Wildman–Crippen MR) is 130 cm³/mol. The minimum Gasteiger partial charge on any atom is -0.507 e. The maximum Gasteiger partial charge on any atom is 0.295 e. The molecule has 1 aromatic heterocycles. The fourth-order valence-electron chi connectivity index (χ4n) is 4.03. The Bertz CT molecular complexity index is 1220. The highest BCUT2D eigenvalue weighted by Crippen LogP contribution is 2.40. The summed E-state index contributed by atoms with van der Waals surface area (Å²) in [5.41, 5.74) is 2.77. The SMILES string of the molecule is Cc1c(/C(O)=C2\C(=O)C(=O)N(CCN(C)C)[C@@H]2c2ccc(Br)cc2)cnn1-c1ccccc1. The molecule has 1 atom stereocenters. The van der Waals surface area contributed by atoms with Crippen molar-refractivity contribution in [1.29, 1.82) is 0 Å². The average molecular weight is 509 g/mol. The second-order valence-corrected chi connectivity index (χ2v) is 9.15. The van der Waals surface area contributed by atoms with E-state index in [2.05, 4.69) is 21.0 Å². The number of carbonyl (C=O) groups excluding carboxylic acids is 2. The number of para-hydroxylation sites is 1. The number of Topliss-reactive ketones (excluding diaryl/α,β-unsaturated/α-hetero) is 1. The fraction of sp³-hybridized carbons (Fsp3) is 0.240. The number of hydrogen-bond acceptors (Lipinski definition) is 5. The van der Waals surface area contributed by atoms with Gasteiger partial charge in [0.15, 0.2) is 0 Å². The van der Waals surface area contributed by atoms with Crippen LogP contribution in [0.5, 0.6) is 0 Å². The summed E-state index contributed by atoms with van der Waals surface area (Å²) in [7, 11) is 3.82. The third-order valence-electron chi connectivity index (χ3n) is 5.78. The Hall–Kier alpha value is -3.23. The monoisotopic (exact) mass is 508 g/mol. The Morgan fingerprint density at radius 2 is 1.76 bits per heavy atom. The number of carbonyl (C=O) groups is 2. The van der Waals surface area contributed by atoms with Crippen LogP contribution in [0.4, 0.5) is 0 Å². The van der Waals surface area contributed by atoms with E-state index >= 15 is 0 Å². The molecule has 1 fully saturated rings. The number of likely N-dealkylation sites (tertiary alicyclic amines) is 1. The van der Waals surface area contributed by atoms with E-state index in [4.69, 9.17) is 0 Å². The highest BCUT2D eigenvalue weighted by atomic mass is 79.9. The number of ketones is 1. The zero-order valence-electron chi connectivity index (χ0n) is 18.7. The molecule has 7 nitrogen and oxygen atoms in total. The lowest BCUT2D eigenvalue weighted by molar-refractivity contribution is -0.140.